The van der Waals surface area contributed by atoms with E-state index in [9.17, 15) is 9.59 Å². The van der Waals surface area contributed by atoms with Crippen LogP contribution in [0.15, 0.2) is 30.3 Å². The van der Waals surface area contributed by atoms with E-state index < -0.39 is 0 Å². The van der Waals surface area contributed by atoms with Crippen molar-refractivity contribution in [2.24, 2.45) is 0 Å². The van der Waals surface area contributed by atoms with Gasteiger partial charge in [-0.25, -0.2) is 4.98 Å². The summed E-state index contributed by atoms with van der Waals surface area (Å²) in [4.78, 5) is 34.8. The van der Waals surface area contributed by atoms with E-state index in [0.29, 0.717) is 30.2 Å². The van der Waals surface area contributed by atoms with Crippen LogP contribution in [0.25, 0.3) is 0 Å². The molecular weight excluding hydrogens is 354 g/mol. The minimum absolute atomic E-state index is 0.0155. The van der Waals surface area contributed by atoms with E-state index in [1.54, 1.807) is 24.3 Å². The third-order valence-corrected chi connectivity index (χ3v) is 4.77. The normalized spacial score (nSPS) is 13.9. The van der Waals surface area contributed by atoms with E-state index in [1.165, 1.54) is 26.2 Å². The predicted molar refractivity (Wildman–Crippen MR) is 110 cm³/mol. The number of nitrogens with zero attached hydrogens (tertiary/aromatic N) is 3. The standard InChI is InChI=1S/C21H27N5O2/c1-15-14-19(26-12-4-3-5-13-26)25-21(24-15)23-11-10-22-20(28)18-8-6-17(7-9-18)16(2)27/h6-9,14H,3-5,10-13H2,1-2H3,(H,22,28)(H,23,24,25). The minimum atomic E-state index is -0.170. The molecule has 148 valence electrons. The summed E-state index contributed by atoms with van der Waals surface area (Å²) in [6.07, 6.45) is 3.68. The van der Waals surface area contributed by atoms with Gasteiger partial charge in [-0.2, -0.15) is 4.98 Å². The van der Waals surface area contributed by atoms with Crippen molar-refractivity contribution >= 4 is 23.5 Å². The van der Waals surface area contributed by atoms with Crippen LogP contribution in [-0.2, 0) is 0 Å². The summed E-state index contributed by atoms with van der Waals surface area (Å²) in [5, 5.41) is 6.05. The Bertz CT molecular complexity index is 829. The number of nitrogens with one attached hydrogen (secondary N) is 2. The molecule has 0 saturated carbocycles. The Hall–Kier alpha value is -2.96. The molecular formula is C21H27N5O2. The molecule has 7 nitrogen and oxygen atoms in total. The van der Waals surface area contributed by atoms with E-state index in [2.05, 4.69) is 25.5 Å². The first-order chi connectivity index (χ1) is 13.5. The Labute approximate surface area is 165 Å². The van der Waals surface area contributed by atoms with E-state index in [4.69, 9.17) is 0 Å². The Morgan fingerprint density at radius 2 is 1.68 bits per heavy atom. The number of benzene rings is 1. The molecule has 0 unspecified atom stereocenters. The van der Waals surface area contributed by atoms with Crippen molar-refractivity contribution in [3.05, 3.63) is 47.2 Å². The lowest BCUT2D eigenvalue weighted by atomic mass is 10.1. The van der Waals surface area contributed by atoms with Gasteiger partial charge >= 0.3 is 0 Å². The lowest BCUT2D eigenvalue weighted by Crippen LogP contribution is -2.31. The molecule has 28 heavy (non-hydrogen) atoms. The number of amides is 1. The van der Waals surface area contributed by atoms with Gasteiger partial charge in [0.2, 0.25) is 5.95 Å². The third-order valence-electron chi connectivity index (χ3n) is 4.77. The lowest BCUT2D eigenvalue weighted by molar-refractivity contribution is 0.0953. The fraction of sp³-hybridized carbons (Fsp3) is 0.429. The maximum Gasteiger partial charge on any atom is 0.251 e. The molecule has 0 atom stereocenters. The second-order valence-electron chi connectivity index (χ2n) is 7.06. The smallest absolute Gasteiger partial charge is 0.251 e. The molecule has 1 amide bonds. The SMILES string of the molecule is CC(=O)c1ccc(C(=O)NCCNc2nc(C)cc(N3CCCCC3)n2)cc1. The summed E-state index contributed by atoms with van der Waals surface area (Å²) in [7, 11) is 0. The van der Waals surface area contributed by atoms with Gasteiger partial charge < -0.3 is 15.5 Å². The van der Waals surface area contributed by atoms with Crippen molar-refractivity contribution in [2.45, 2.75) is 33.1 Å². The molecule has 7 heteroatoms. The van der Waals surface area contributed by atoms with Gasteiger partial charge in [-0.1, -0.05) is 12.1 Å². The molecule has 0 spiro atoms. The fourth-order valence-electron chi connectivity index (χ4n) is 3.22. The average Bonchev–Trinajstić information content (AvgIpc) is 2.71. The Balaban J connectivity index is 1.50. The van der Waals surface area contributed by atoms with Crippen molar-refractivity contribution in [3.8, 4) is 0 Å². The molecule has 2 heterocycles. The maximum absolute atomic E-state index is 12.2. The molecule has 1 aromatic heterocycles. The van der Waals surface area contributed by atoms with Crippen LogP contribution in [0.3, 0.4) is 0 Å². The average molecular weight is 381 g/mol. The van der Waals surface area contributed by atoms with Crippen LogP contribution in [0.5, 0.6) is 0 Å². The molecule has 0 aliphatic carbocycles. The number of Topliss-reactive ketones (excluding diaryl/α,β-unsaturated/α-hetero) is 1. The van der Waals surface area contributed by atoms with Crippen molar-refractivity contribution in [1.29, 1.82) is 0 Å². The van der Waals surface area contributed by atoms with Crippen LogP contribution in [0.1, 0.15) is 52.6 Å². The highest BCUT2D eigenvalue weighted by Gasteiger charge is 2.14. The number of aryl methyl sites for hydroxylation is 1. The van der Waals surface area contributed by atoms with Crippen molar-refractivity contribution in [1.82, 2.24) is 15.3 Å². The summed E-state index contributed by atoms with van der Waals surface area (Å²) in [6.45, 7) is 6.52. The number of anilines is 2. The second-order valence-corrected chi connectivity index (χ2v) is 7.06. The Morgan fingerprint density at radius 1 is 1.00 bits per heavy atom. The van der Waals surface area contributed by atoms with Gasteiger partial charge in [0.05, 0.1) is 0 Å². The number of hydrogen-bond donors (Lipinski definition) is 2. The molecule has 0 bridgehead atoms. The molecule has 1 fully saturated rings. The summed E-state index contributed by atoms with van der Waals surface area (Å²) in [5.74, 6) is 1.36. The molecule has 2 N–H and O–H groups in total. The molecule has 2 aromatic rings. The first kappa shape index (κ1) is 19.8. The maximum atomic E-state index is 12.2. The molecule has 0 radical (unpaired) electrons. The molecule has 1 aliphatic heterocycles. The monoisotopic (exact) mass is 381 g/mol. The van der Waals surface area contributed by atoms with Crippen molar-refractivity contribution < 1.29 is 9.59 Å². The Kier molecular flexibility index (Phi) is 6.57. The van der Waals surface area contributed by atoms with Gasteiger partial charge in [-0.05, 0) is 45.2 Å². The summed E-state index contributed by atoms with van der Waals surface area (Å²) in [5.41, 5.74) is 2.05. The summed E-state index contributed by atoms with van der Waals surface area (Å²) < 4.78 is 0. The lowest BCUT2D eigenvalue weighted by Gasteiger charge is -2.28. The highest BCUT2D eigenvalue weighted by molar-refractivity contribution is 5.97. The minimum Gasteiger partial charge on any atom is -0.356 e. The van der Waals surface area contributed by atoms with E-state index in [-0.39, 0.29) is 11.7 Å². The number of rotatable bonds is 7. The van der Waals surface area contributed by atoms with E-state index >= 15 is 0 Å². The van der Waals surface area contributed by atoms with Crippen LogP contribution in [-0.4, -0.2) is 47.8 Å². The van der Waals surface area contributed by atoms with Gasteiger partial charge in [0.1, 0.15) is 5.82 Å². The zero-order chi connectivity index (χ0) is 19.9. The molecule has 1 saturated heterocycles. The number of ketones is 1. The number of aromatic nitrogens is 2. The molecule has 1 aliphatic rings. The van der Waals surface area contributed by atoms with Crippen LogP contribution in [0.4, 0.5) is 11.8 Å². The Morgan fingerprint density at radius 3 is 2.36 bits per heavy atom. The topological polar surface area (TPSA) is 87.2 Å². The largest absolute Gasteiger partial charge is 0.356 e. The number of carbonyl (C=O) groups excluding carboxylic acids is 2. The fourth-order valence-corrected chi connectivity index (χ4v) is 3.22. The molecule has 3 rings (SSSR count). The zero-order valence-electron chi connectivity index (χ0n) is 16.5. The highest BCUT2D eigenvalue weighted by Crippen LogP contribution is 2.19. The van der Waals surface area contributed by atoms with Gasteiger partial charge in [-0.3, -0.25) is 9.59 Å². The number of hydrogen-bond acceptors (Lipinski definition) is 6. The van der Waals surface area contributed by atoms with Crippen molar-refractivity contribution in [3.63, 3.8) is 0 Å². The van der Waals surface area contributed by atoms with E-state index in [0.717, 1.165) is 24.6 Å². The summed E-state index contributed by atoms with van der Waals surface area (Å²) in [6, 6.07) is 8.67. The van der Waals surface area contributed by atoms with Gasteiger partial charge in [-0.15, -0.1) is 0 Å². The van der Waals surface area contributed by atoms with Crippen molar-refractivity contribution in [2.75, 3.05) is 36.4 Å². The van der Waals surface area contributed by atoms with Crippen LogP contribution in [0, 0.1) is 6.92 Å². The number of carbonyl (C=O) groups is 2. The van der Waals surface area contributed by atoms with E-state index in [1.807, 2.05) is 13.0 Å². The quantitative estimate of drug-likeness (QED) is 0.566. The third kappa shape index (κ3) is 5.28. The highest BCUT2D eigenvalue weighted by atomic mass is 16.1. The first-order valence-electron chi connectivity index (χ1n) is 9.76. The van der Waals surface area contributed by atoms with Gasteiger partial charge in [0.15, 0.2) is 5.78 Å². The van der Waals surface area contributed by atoms with Gasteiger partial charge in [0, 0.05) is 49.1 Å². The zero-order valence-corrected chi connectivity index (χ0v) is 16.5. The van der Waals surface area contributed by atoms with Crippen LogP contribution >= 0.6 is 0 Å². The number of piperidine rings is 1. The second kappa shape index (κ2) is 9.30. The predicted octanol–water partition coefficient (Wildman–Crippen LogP) is 2.82. The molecule has 1 aromatic carbocycles. The van der Waals surface area contributed by atoms with Crippen LogP contribution < -0.4 is 15.5 Å². The van der Waals surface area contributed by atoms with Crippen LogP contribution in [0.2, 0.25) is 0 Å². The summed E-state index contributed by atoms with van der Waals surface area (Å²) >= 11 is 0. The first-order valence-corrected chi connectivity index (χ1v) is 9.76. The van der Waals surface area contributed by atoms with Gasteiger partial charge in [0.25, 0.3) is 5.91 Å².